The minimum absolute atomic E-state index is 0.156. The van der Waals surface area contributed by atoms with Crippen molar-refractivity contribution in [3.8, 4) is 10.4 Å². The highest BCUT2D eigenvalue weighted by Gasteiger charge is 2.40. The molecular weight excluding hydrogens is 424 g/mol. The van der Waals surface area contributed by atoms with E-state index in [-0.39, 0.29) is 11.8 Å². The van der Waals surface area contributed by atoms with Crippen molar-refractivity contribution in [1.82, 2.24) is 20.5 Å². The van der Waals surface area contributed by atoms with Gasteiger partial charge in [0.25, 0.3) is 0 Å². The quantitative estimate of drug-likeness (QED) is 0.626. The van der Waals surface area contributed by atoms with E-state index < -0.39 is 17.5 Å². The summed E-state index contributed by atoms with van der Waals surface area (Å²) in [4.78, 5) is 44.2. The normalized spacial score (nSPS) is 17.2. The molecule has 2 atom stereocenters. The first-order chi connectivity index (χ1) is 15.1. The number of likely N-dealkylation sites (tertiary alicyclic amines) is 1. The fourth-order valence-electron chi connectivity index (χ4n) is 4.14. The number of hydrogen-bond acceptors (Lipinski definition) is 5. The largest absolute Gasteiger partial charge is 0.350 e. The summed E-state index contributed by atoms with van der Waals surface area (Å²) in [5.74, 6) is -0.362. The van der Waals surface area contributed by atoms with Crippen LogP contribution in [0.25, 0.3) is 10.4 Å². The lowest BCUT2D eigenvalue weighted by Gasteiger charge is -2.34. The van der Waals surface area contributed by atoms with Gasteiger partial charge in [0, 0.05) is 13.1 Å². The molecule has 2 unspecified atom stereocenters. The molecule has 1 aliphatic heterocycles. The zero-order valence-corrected chi connectivity index (χ0v) is 20.2. The fourth-order valence-corrected chi connectivity index (χ4v) is 4.95. The molecule has 2 aromatic rings. The van der Waals surface area contributed by atoms with Gasteiger partial charge >= 0.3 is 0 Å². The number of carbonyl (C=O) groups is 3. The smallest absolute Gasteiger partial charge is 0.246 e. The van der Waals surface area contributed by atoms with E-state index in [1.54, 1.807) is 16.2 Å². The van der Waals surface area contributed by atoms with Crippen molar-refractivity contribution in [2.75, 3.05) is 6.54 Å². The minimum Gasteiger partial charge on any atom is -0.350 e. The second kappa shape index (κ2) is 9.81. The van der Waals surface area contributed by atoms with Crippen LogP contribution < -0.4 is 10.6 Å². The van der Waals surface area contributed by atoms with Gasteiger partial charge in [-0.15, -0.1) is 11.3 Å². The van der Waals surface area contributed by atoms with Gasteiger partial charge in [-0.25, -0.2) is 4.98 Å². The number of amides is 3. The van der Waals surface area contributed by atoms with Gasteiger partial charge in [0.2, 0.25) is 18.2 Å². The molecule has 1 aliphatic rings. The predicted octanol–water partition coefficient (Wildman–Crippen LogP) is 3.19. The van der Waals surface area contributed by atoms with Crippen LogP contribution in [-0.2, 0) is 20.9 Å². The minimum atomic E-state index is -0.668. The van der Waals surface area contributed by atoms with E-state index in [0.29, 0.717) is 25.9 Å². The second-order valence-electron chi connectivity index (χ2n) is 9.40. The molecule has 3 amide bonds. The Hall–Kier alpha value is -2.74. The van der Waals surface area contributed by atoms with Crippen molar-refractivity contribution in [3.05, 3.63) is 40.5 Å². The zero-order valence-electron chi connectivity index (χ0n) is 19.4. The molecule has 172 valence electrons. The molecule has 0 saturated carbocycles. The van der Waals surface area contributed by atoms with Gasteiger partial charge in [0.05, 0.1) is 16.1 Å². The van der Waals surface area contributed by atoms with Crippen LogP contribution in [0.2, 0.25) is 0 Å². The van der Waals surface area contributed by atoms with Crippen molar-refractivity contribution in [3.63, 3.8) is 0 Å². The van der Waals surface area contributed by atoms with Crippen LogP contribution >= 0.6 is 11.3 Å². The molecule has 2 N–H and O–H groups in total. The third kappa shape index (κ3) is 5.18. The summed E-state index contributed by atoms with van der Waals surface area (Å²) in [6.07, 6.45) is 1.95. The molecule has 1 fully saturated rings. The summed E-state index contributed by atoms with van der Waals surface area (Å²) in [5, 5.41) is 5.65. The number of benzene rings is 1. The number of aryl methyl sites for hydroxylation is 2. The molecule has 1 aromatic carbocycles. The summed E-state index contributed by atoms with van der Waals surface area (Å²) >= 11 is 1.62. The molecule has 32 heavy (non-hydrogen) atoms. The van der Waals surface area contributed by atoms with Gasteiger partial charge in [0.15, 0.2) is 0 Å². The van der Waals surface area contributed by atoms with Crippen molar-refractivity contribution in [2.24, 2.45) is 5.41 Å². The highest BCUT2D eigenvalue weighted by molar-refractivity contribution is 7.13. The molecule has 2 heterocycles. The van der Waals surface area contributed by atoms with Gasteiger partial charge in [-0.2, -0.15) is 0 Å². The Bertz CT molecular complexity index is 995. The number of rotatable bonds is 7. The Balaban J connectivity index is 1.67. The third-order valence-electron chi connectivity index (χ3n) is 5.99. The lowest BCUT2D eigenvalue weighted by molar-refractivity contribution is -0.142. The van der Waals surface area contributed by atoms with Crippen molar-refractivity contribution < 1.29 is 14.4 Å². The first kappa shape index (κ1) is 23.9. The Morgan fingerprint density at radius 2 is 2.06 bits per heavy atom. The van der Waals surface area contributed by atoms with Crippen LogP contribution in [0.3, 0.4) is 0 Å². The summed E-state index contributed by atoms with van der Waals surface area (Å²) < 4.78 is 0. The van der Waals surface area contributed by atoms with Crippen LogP contribution in [0, 0.1) is 19.3 Å². The number of carbonyl (C=O) groups excluding carboxylic acids is 3. The SMILES string of the molecule is Cc1cc(-c2scnc2C)ccc1CNC(=O)C1CCCN1C(=O)C(NC=O)C(C)(C)C. The summed E-state index contributed by atoms with van der Waals surface area (Å²) in [7, 11) is 0. The molecule has 1 aromatic heterocycles. The molecule has 1 saturated heterocycles. The van der Waals surface area contributed by atoms with Crippen molar-refractivity contribution in [1.29, 1.82) is 0 Å². The Kier molecular flexibility index (Phi) is 7.33. The molecule has 0 radical (unpaired) electrons. The molecule has 3 rings (SSSR count). The zero-order chi connectivity index (χ0) is 23.5. The highest BCUT2D eigenvalue weighted by Crippen LogP contribution is 2.29. The average Bonchev–Trinajstić information content (AvgIpc) is 3.38. The molecule has 0 aliphatic carbocycles. The topological polar surface area (TPSA) is 91.4 Å². The maximum atomic E-state index is 13.1. The third-order valence-corrected chi connectivity index (χ3v) is 6.97. The monoisotopic (exact) mass is 456 g/mol. The highest BCUT2D eigenvalue weighted by atomic mass is 32.1. The Morgan fingerprint density at radius 1 is 1.31 bits per heavy atom. The van der Waals surface area contributed by atoms with Crippen molar-refractivity contribution >= 4 is 29.6 Å². The summed E-state index contributed by atoms with van der Waals surface area (Å²) in [6, 6.07) is 5.02. The molecular formula is C24H32N4O3S. The Morgan fingerprint density at radius 3 is 2.66 bits per heavy atom. The van der Waals surface area contributed by atoms with Crippen LogP contribution in [0.15, 0.2) is 23.7 Å². The molecule has 0 spiro atoms. The predicted molar refractivity (Wildman–Crippen MR) is 126 cm³/mol. The first-order valence-electron chi connectivity index (χ1n) is 10.9. The summed E-state index contributed by atoms with van der Waals surface area (Å²) in [6.45, 7) is 10.7. The van der Waals surface area contributed by atoms with Gasteiger partial charge in [-0.3, -0.25) is 14.4 Å². The van der Waals surface area contributed by atoms with E-state index in [2.05, 4.69) is 27.8 Å². The van der Waals surface area contributed by atoms with E-state index in [1.807, 2.05) is 46.2 Å². The average molecular weight is 457 g/mol. The number of hydrogen-bond donors (Lipinski definition) is 2. The maximum absolute atomic E-state index is 13.1. The molecule has 8 heteroatoms. The van der Waals surface area contributed by atoms with E-state index in [0.717, 1.165) is 33.7 Å². The van der Waals surface area contributed by atoms with E-state index in [1.165, 1.54) is 0 Å². The van der Waals surface area contributed by atoms with Crippen molar-refractivity contribution in [2.45, 2.75) is 66.1 Å². The lowest BCUT2D eigenvalue weighted by atomic mass is 9.85. The molecule has 7 nitrogen and oxygen atoms in total. The van der Waals surface area contributed by atoms with Crippen LogP contribution in [0.1, 0.15) is 50.4 Å². The van der Waals surface area contributed by atoms with Gasteiger partial charge < -0.3 is 15.5 Å². The van der Waals surface area contributed by atoms with Crippen LogP contribution in [0.5, 0.6) is 0 Å². The Labute approximate surface area is 193 Å². The fraction of sp³-hybridized carbons (Fsp3) is 0.500. The van der Waals surface area contributed by atoms with Gasteiger partial charge in [-0.1, -0.05) is 39.0 Å². The lowest BCUT2D eigenvalue weighted by Crippen LogP contribution is -2.56. The van der Waals surface area contributed by atoms with Gasteiger partial charge in [-0.05, 0) is 48.8 Å². The van der Waals surface area contributed by atoms with E-state index >= 15 is 0 Å². The number of thiazole rings is 1. The van der Waals surface area contributed by atoms with Crippen LogP contribution in [-0.4, -0.2) is 46.7 Å². The number of nitrogens with one attached hydrogen (secondary N) is 2. The number of nitrogens with zero attached hydrogens (tertiary/aromatic N) is 2. The second-order valence-corrected chi connectivity index (χ2v) is 10.3. The standard InChI is InChI=1S/C24H32N4O3S/c1-15-11-17(20-16(2)27-14-32-20)8-9-18(15)12-25-22(30)19-7-6-10-28(19)23(31)21(26-13-29)24(3,4)5/h8-9,11,13-14,19,21H,6-7,10,12H2,1-5H3,(H,25,30)(H,26,29). The number of aromatic nitrogens is 1. The summed E-state index contributed by atoms with van der Waals surface area (Å²) in [5.41, 5.74) is 5.67. The van der Waals surface area contributed by atoms with E-state index in [4.69, 9.17) is 0 Å². The maximum Gasteiger partial charge on any atom is 0.246 e. The van der Waals surface area contributed by atoms with Gasteiger partial charge in [0.1, 0.15) is 12.1 Å². The first-order valence-corrected chi connectivity index (χ1v) is 11.8. The molecule has 0 bridgehead atoms. The van der Waals surface area contributed by atoms with E-state index in [9.17, 15) is 14.4 Å². The van der Waals surface area contributed by atoms with Crippen LogP contribution in [0.4, 0.5) is 0 Å².